The van der Waals surface area contributed by atoms with Crippen LogP contribution >= 0.6 is 19.2 Å². The average molecular weight is 478 g/mol. The zero-order valence-electron chi connectivity index (χ0n) is 17.4. The highest BCUT2D eigenvalue weighted by molar-refractivity contribution is 7.53. The van der Waals surface area contributed by atoms with Gasteiger partial charge in [0, 0.05) is 12.8 Å². The Hall–Kier alpha value is -2.27. The van der Waals surface area contributed by atoms with Gasteiger partial charge in [-0.15, -0.1) is 0 Å². The molecule has 1 N–H and O–H groups in total. The Labute approximate surface area is 184 Å². The lowest BCUT2D eigenvalue weighted by Crippen LogP contribution is -2.25. The molecule has 0 aliphatic heterocycles. The van der Waals surface area contributed by atoms with E-state index in [1.165, 1.54) is 18.0 Å². The van der Waals surface area contributed by atoms with Crippen LogP contribution in [0.5, 0.6) is 0 Å². The maximum atomic E-state index is 12.7. The molecule has 0 saturated heterocycles. The van der Waals surface area contributed by atoms with E-state index in [9.17, 15) is 14.2 Å². The summed E-state index contributed by atoms with van der Waals surface area (Å²) in [6, 6.07) is 0. The number of esters is 1. The molecule has 0 radical (unpaired) electrons. The highest BCUT2D eigenvalue weighted by Crippen LogP contribution is 2.49. The Morgan fingerprint density at radius 1 is 1.29 bits per heavy atom. The standard InChI is InChI=1S/C17H25ClN5O7P/c1-4-29-31(26,30-5-2)7-6-13(8-27-12(3)25)9-28-23-10-19-14-15(18)21-17(20-11-24)22-16(14)23/h10-11,13H,4-9H2,1-3H3,(H,20,21,22,24). The van der Waals surface area contributed by atoms with Crippen molar-refractivity contribution in [2.24, 2.45) is 5.92 Å². The molecular formula is C17H25ClN5O7P. The van der Waals surface area contributed by atoms with E-state index < -0.39 is 13.6 Å². The number of carbonyl (C=O) groups is 2. The summed E-state index contributed by atoms with van der Waals surface area (Å²) < 4.78 is 29.7. The SMILES string of the molecule is CCOP(=O)(CCC(COC(C)=O)COn1cnc2c(Cl)nc(NC=O)nc21)OCC. The summed E-state index contributed by atoms with van der Waals surface area (Å²) in [5.74, 6) is -0.774. The van der Waals surface area contributed by atoms with Crippen molar-refractivity contribution in [3.05, 3.63) is 11.5 Å². The fraction of sp³-hybridized carbons (Fsp3) is 0.588. The number of hydrogen-bond donors (Lipinski definition) is 1. The third-order valence-corrected chi connectivity index (χ3v) is 6.32. The Balaban J connectivity index is 2.13. The van der Waals surface area contributed by atoms with Crippen molar-refractivity contribution in [2.75, 3.05) is 37.9 Å². The number of aromatic nitrogens is 4. The van der Waals surface area contributed by atoms with Crippen LogP contribution in [0.1, 0.15) is 27.2 Å². The smallest absolute Gasteiger partial charge is 0.330 e. The molecule has 1 amide bonds. The Morgan fingerprint density at radius 2 is 2.00 bits per heavy atom. The molecule has 0 fully saturated rings. The fourth-order valence-electron chi connectivity index (χ4n) is 2.59. The third kappa shape index (κ3) is 7.42. The number of nitrogens with one attached hydrogen (secondary N) is 1. The van der Waals surface area contributed by atoms with Crippen molar-refractivity contribution in [1.29, 1.82) is 0 Å². The van der Waals surface area contributed by atoms with E-state index in [1.54, 1.807) is 13.8 Å². The molecule has 14 heteroatoms. The maximum absolute atomic E-state index is 12.7. The number of imidazole rings is 1. The molecule has 2 aromatic heterocycles. The van der Waals surface area contributed by atoms with Crippen LogP contribution < -0.4 is 10.2 Å². The zero-order chi connectivity index (χ0) is 22.9. The van der Waals surface area contributed by atoms with Crippen LogP contribution in [0.2, 0.25) is 5.15 Å². The highest BCUT2D eigenvalue weighted by Gasteiger charge is 2.26. The van der Waals surface area contributed by atoms with Crippen molar-refractivity contribution in [3.8, 4) is 0 Å². The third-order valence-electron chi connectivity index (χ3n) is 3.95. The van der Waals surface area contributed by atoms with Crippen LogP contribution in [0.25, 0.3) is 11.2 Å². The predicted octanol–water partition coefficient (Wildman–Crippen LogP) is 2.31. The molecule has 0 bridgehead atoms. The Bertz CT molecular complexity index is 931. The Morgan fingerprint density at radius 3 is 2.61 bits per heavy atom. The number of carbonyl (C=O) groups excluding carboxylic acids is 2. The first-order chi connectivity index (χ1) is 14.8. The van der Waals surface area contributed by atoms with Gasteiger partial charge in [-0.1, -0.05) is 11.6 Å². The summed E-state index contributed by atoms with van der Waals surface area (Å²) in [6.07, 6.45) is 2.26. The molecule has 2 aromatic rings. The lowest BCUT2D eigenvalue weighted by Gasteiger charge is -2.21. The number of ether oxygens (including phenoxy) is 1. The van der Waals surface area contributed by atoms with Crippen molar-refractivity contribution in [3.63, 3.8) is 0 Å². The molecule has 0 aromatic carbocycles. The topological polar surface area (TPSA) is 144 Å². The number of fused-ring (bicyclic) bond motifs is 1. The minimum absolute atomic E-state index is 0.0105. The van der Waals surface area contributed by atoms with E-state index in [2.05, 4.69) is 20.3 Å². The monoisotopic (exact) mass is 477 g/mol. The van der Waals surface area contributed by atoms with Gasteiger partial charge in [0.25, 0.3) is 0 Å². The van der Waals surface area contributed by atoms with Gasteiger partial charge in [-0.05, 0) is 20.3 Å². The van der Waals surface area contributed by atoms with Gasteiger partial charge in [0.1, 0.15) is 18.5 Å². The first kappa shape index (κ1) is 25.0. The van der Waals surface area contributed by atoms with Gasteiger partial charge in [0.05, 0.1) is 26.0 Å². The van der Waals surface area contributed by atoms with Gasteiger partial charge in [-0.3, -0.25) is 19.5 Å². The van der Waals surface area contributed by atoms with Gasteiger partial charge in [-0.2, -0.15) is 14.7 Å². The quantitative estimate of drug-likeness (QED) is 0.186. The van der Waals surface area contributed by atoms with Gasteiger partial charge >= 0.3 is 13.6 Å². The molecule has 0 saturated carbocycles. The lowest BCUT2D eigenvalue weighted by atomic mass is 10.1. The molecule has 2 rings (SSSR count). The van der Waals surface area contributed by atoms with Crippen LogP contribution in [0.3, 0.4) is 0 Å². The van der Waals surface area contributed by atoms with Gasteiger partial charge in [0.15, 0.2) is 5.15 Å². The second-order valence-corrected chi connectivity index (χ2v) is 8.81. The summed E-state index contributed by atoms with van der Waals surface area (Å²) in [5, 5.41) is 2.36. The van der Waals surface area contributed by atoms with Crippen LogP contribution in [0.15, 0.2) is 6.33 Å². The van der Waals surface area contributed by atoms with Crippen LogP contribution in [0, 0.1) is 5.92 Å². The summed E-state index contributed by atoms with van der Waals surface area (Å²) in [7, 11) is -3.26. The van der Waals surface area contributed by atoms with E-state index in [0.29, 0.717) is 12.8 Å². The number of rotatable bonds is 14. The largest absolute Gasteiger partial charge is 0.465 e. The molecular weight excluding hydrogens is 453 g/mol. The van der Waals surface area contributed by atoms with Crippen LogP contribution in [-0.2, 0) is 27.9 Å². The van der Waals surface area contributed by atoms with Crippen molar-refractivity contribution < 1.29 is 32.8 Å². The first-order valence-corrected chi connectivity index (χ1v) is 11.7. The second kappa shape index (κ2) is 11.9. The minimum atomic E-state index is -3.26. The van der Waals surface area contributed by atoms with E-state index in [0.717, 1.165) is 0 Å². The molecule has 1 unspecified atom stereocenters. The normalized spacial score (nSPS) is 12.5. The number of hydrogen-bond acceptors (Lipinski definition) is 10. The number of amides is 1. The molecule has 172 valence electrons. The Kier molecular flexibility index (Phi) is 9.63. The van der Waals surface area contributed by atoms with Crippen molar-refractivity contribution in [2.45, 2.75) is 27.2 Å². The fourth-order valence-corrected chi connectivity index (χ4v) is 4.61. The molecule has 12 nitrogen and oxygen atoms in total. The van der Waals surface area contributed by atoms with Crippen molar-refractivity contribution >= 4 is 48.7 Å². The first-order valence-electron chi connectivity index (χ1n) is 9.57. The molecule has 0 aliphatic rings. The lowest BCUT2D eigenvalue weighted by molar-refractivity contribution is -0.143. The van der Waals surface area contributed by atoms with Gasteiger partial charge < -0.3 is 18.6 Å². The number of halogens is 1. The maximum Gasteiger partial charge on any atom is 0.330 e. The van der Waals surface area contributed by atoms with Crippen LogP contribution in [0.4, 0.5) is 5.95 Å². The summed E-state index contributed by atoms with van der Waals surface area (Å²) >= 11 is 6.06. The summed E-state index contributed by atoms with van der Waals surface area (Å²) in [4.78, 5) is 39.8. The number of anilines is 1. The number of nitrogens with zero attached hydrogens (tertiary/aromatic N) is 4. The average Bonchev–Trinajstić information content (AvgIpc) is 3.11. The van der Waals surface area contributed by atoms with E-state index >= 15 is 0 Å². The summed E-state index contributed by atoms with van der Waals surface area (Å²) in [6.45, 7) is 5.39. The van der Waals surface area contributed by atoms with Gasteiger partial charge in [-0.25, -0.2) is 4.98 Å². The highest BCUT2D eigenvalue weighted by atomic mass is 35.5. The van der Waals surface area contributed by atoms with Crippen LogP contribution in [-0.4, -0.2) is 64.7 Å². The second-order valence-electron chi connectivity index (χ2n) is 6.27. The van der Waals surface area contributed by atoms with Gasteiger partial charge in [0.2, 0.25) is 18.0 Å². The molecule has 0 spiro atoms. The minimum Gasteiger partial charge on any atom is -0.465 e. The van der Waals surface area contributed by atoms with E-state index in [-0.39, 0.29) is 60.8 Å². The predicted molar refractivity (Wildman–Crippen MR) is 112 cm³/mol. The zero-order valence-corrected chi connectivity index (χ0v) is 19.1. The van der Waals surface area contributed by atoms with E-state index in [1.807, 2.05) is 0 Å². The molecule has 1 atom stereocenters. The molecule has 2 heterocycles. The summed E-state index contributed by atoms with van der Waals surface area (Å²) in [5.41, 5.74) is 0.525. The molecule has 31 heavy (non-hydrogen) atoms. The molecule has 0 aliphatic carbocycles. The van der Waals surface area contributed by atoms with Crippen molar-refractivity contribution in [1.82, 2.24) is 19.7 Å². The van der Waals surface area contributed by atoms with E-state index in [4.69, 9.17) is 30.2 Å².